The number of nitrogens with one attached hydrogen (secondary N) is 2. The van der Waals surface area contributed by atoms with Crippen LogP contribution in [0.1, 0.15) is 44.9 Å². The van der Waals surface area contributed by atoms with Gasteiger partial charge in [-0.25, -0.2) is 13.4 Å². The van der Waals surface area contributed by atoms with Gasteiger partial charge >= 0.3 is 0 Å². The smallest absolute Gasteiger partial charge is 0.237 e. The lowest BCUT2D eigenvalue weighted by Crippen LogP contribution is -2.17. The number of thiazole rings is 1. The zero-order chi connectivity index (χ0) is 22.9. The lowest BCUT2D eigenvalue weighted by atomic mass is 9.86. The molecular formula is C24H27N3O3S2. The number of amides is 1. The predicted molar refractivity (Wildman–Crippen MR) is 131 cm³/mol. The zero-order valence-electron chi connectivity index (χ0n) is 18.4. The number of nitrogens with zero attached hydrogens (tertiary/aromatic N) is 1. The third-order valence-electron chi connectivity index (χ3n) is 5.34. The van der Waals surface area contributed by atoms with Crippen molar-refractivity contribution in [2.75, 3.05) is 10.0 Å². The van der Waals surface area contributed by atoms with E-state index in [9.17, 15) is 13.2 Å². The van der Waals surface area contributed by atoms with Crippen LogP contribution in [0.4, 0.5) is 10.8 Å². The first-order valence-corrected chi connectivity index (χ1v) is 13.0. The Morgan fingerprint density at radius 2 is 1.62 bits per heavy atom. The SMILES string of the molecule is CC(C)(C)c1ccc(-c2ccc(NC(=O)Cc3csc(NS(=O)(=O)C4CC4)n3)cc2)cc1. The first-order chi connectivity index (χ1) is 15.1. The Morgan fingerprint density at radius 1 is 1.03 bits per heavy atom. The number of rotatable bonds is 7. The van der Waals surface area contributed by atoms with E-state index >= 15 is 0 Å². The average molecular weight is 470 g/mol. The summed E-state index contributed by atoms with van der Waals surface area (Å²) in [6.45, 7) is 6.58. The molecule has 1 amide bonds. The molecule has 1 saturated carbocycles. The van der Waals surface area contributed by atoms with Gasteiger partial charge < -0.3 is 5.32 Å². The van der Waals surface area contributed by atoms with Gasteiger partial charge in [0.25, 0.3) is 0 Å². The van der Waals surface area contributed by atoms with Crippen molar-refractivity contribution in [3.63, 3.8) is 0 Å². The van der Waals surface area contributed by atoms with Gasteiger partial charge in [0.1, 0.15) is 0 Å². The summed E-state index contributed by atoms with van der Waals surface area (Å²) in [7, 11) is -3.34. The fraction of sp³-hybridized carbons (Fsp3) is 0.333. The highest BCUT2D eigenvalue weighted by molar-refractivity contribution is 7.93. The van der Waals surface area contributed by atoms with Gasteiger partial charge in [-0.3, -0.25) is 9.52 Å². The Bertz CT molecular complexity index is 1200. The van der Waals surface area contributed by atoms with Crippen molar-refractivity contribution in [3.05, 3.63) is 65.2 Å². The Kier molecular flexibility index (Phi) is 6.09. The number of anilines is 2. The first kappa shape index (κ1) is 22.5. The van der Waals surface area contributed by atoms with Crippen molar-refractivity contribution in [1.29, 1.82) is 0 Å². The normalized spacial score (nSPS) is 14.2. The quantitative estimate of drug-likeness (QED) is 0.498. The highest BCUT2D eigenvalue weighted by atomic mass is 32.2. The number of carbonyl (C=O) groups excluding carboxylic acids is 1. The lowest BCUT2D eigenvalue weighted by Gasteiger charge is -2.19. The minimum absolute atomic E-state index is 0.0810. The summed E-state index contributed by atoms with van der Waals surface area (Å²) >= 11 is 1.19. The maximum atomic E-state index is 12.4. The Morgan fingerprint density at radius 3 is 2.19 bits per heavy atom. The van der Waals surface area contributed by atoms with E-state index in [1.807, 2.05) is 24.3 Å². The van der Waals surface area contributed by atoms with Crippen molar-refractivity contribution in [2.24, 2.45) is 0 Å². The standard InChI is InChI=1S/C24H27N3O3S2/c1-24(2,3)18-8-4-16(5-9-18)17-6-10-19(11-7-17)25-22(28)14-20-15-31-23(26-20)27-32(29,30)21-12-13-21/h4-11,15,21H,12-14H2,1-3H3,(H,25,28)(H,26,27). The van der Waals surface area contributed by atoms with E-state index in [-0.39, 0.29) is 23.0 Å². The molecule has 0 unspecified atom stereocenters. The summed E-state index contributed by atoms with van der Waals surface area (Å²) in [5, 5.41) is 4.57. The molecule has 0 spiro atoms. The summed E-state index contributed by atoms with van der Waals surface area (Å²) in [5.41, 5.74) is 4.85. The molecule has 0 atom stereocenters. The second-order valence-electron chi connectivity index (χ2n) is 9.12. The molecule has 0 saturated heterocycles. The maximum absolute atomic E-state index is 12.4. The molecule has 1 aliphatic rings. The second kappa shape index (κ2) is 8.67. The fourth-order valence-electron chi connectivity index (χ4n) is 3.30. The van der Waals surface area contributed by atoms with Crippen molar-refractivity contribution in [2.45, 2.75) is 50.7 Å². The van der Waals surface area contributed by atoms with Crippen LogP contribution < -0.4 is 10.0 Å². The lowest BCUT2D eigenvalue weighted by molar-refractivity contribution is -0.115. The van der Waals surface area contributed by atoms with Gasteiger partial charge in [0.05, 0.1) is 17.4 Å². The molecule has 4 rings (SSSR count). The molecule has 0 bridgehead atoms. The third kappa shape index (κ3) is 5.55. The van der Waals surface area contributed by atoms with Gasteiger partial charge in [0.15, 0.2) is 5.13 Å². The van der Waals surface area contributed by atoms with Crippen LogP contribution in [0.3, 0.4) is 0 Å². The fourth-order valence-corrected chi connectivity index (χ4v) is 5.60. The summed E-state index contributed by atoms with van der Waals surface area (Å²) in [4.78, 5) is 16.6. The third-order valence-corrected chi connectivity index (χ3v) is 8.10. The van der Waals surface area contributed by atoms with Crippen LogP contribution >= 0.6 is 11.3 Å². The van der Waals surface area contributed by atoms with E-state index in [0.717, 1.165) is 11.1 Å². The molecule has 0 aliphatic heterocycles. The number of benzene rings is 2. The monoisotopic (exact) mass is 469 g/mol. The predicted octanol–water partition coefficient (Wildman–Crippen LogP) is 5.19. The highest BCUT2D eigenvalue weighted by Crippen LogP contribution is 2.30. The molecule has 1 heterocycles. The number of hydrogen-bond acceptors (Lipinski definition) is 5. The van der Waals surface area contributed by atoms with Gasteiger partial charge in [0, 0.05) is 11.1 Å². The van der Waals surface area contributed by atoms with E-state index in [1.165, 1.54) is 16.9 Å². The van der Waals surface area contributed by atoms with Crippen molar-refractivity contribution < 1.29 is 13.2 Å². The summed E-state index contributed by atoms with van der Waals surface area (Å²) in [6.07, 6.45) is 1.46. The molecule has 1 aromatic heterocycles. The maximum Gasteiger partial charge on any atom is 0.237 e. The molecule has 2 N–H and O–H groups in total. The summed E-state index contributed by atoms with van der Waals surface area (Å²) in [6, 6.07) is 16.2. The molecule has 1 aliphatic carbocycles. The molecule has 168 valence electrons. The van der Waals surface area contributed by atoms with Crippen LogP contribution in [0.5, 0.6) is 0 Å². The first-order valence-electron chi connectivity index (χ1n) is 10.6. The van der Waals surface area contributed by atoms with Gasteiger partial charge in [-0.2, -0.15) is 0 Å². The van der Waals surface area contributed by atoms with E-state index < -0.39 is 10.0 Å². The molecule has 1 fully saturated rings. The number of sulfonamides is 1. The summed E-state index contributed by atoms with van der Waals surface area (Å²) in [5.74, 6) is -0.200. The highest BCUT2D eigenvalue weighted by Gasteiger charge is 2.36. The Labute approximate surface area is 193 Å². The molecule has 3 aromatic rings. The van der Waals surface area contributed by atoms with Crippen molar-refractivity contribution in [1.82, 2.24) is 4.98 Å². The zero-order valence-corrected chi connectivity index (χ0v) is 20.0. The Balaban J connectivity index is 1.34. The van der Waals surface area contributed by atoms with Crippen LogP contribution in [0, 0.1) is 0 Å². The van der Waals surface area contributed by atoms with E-state index in [1.54, 1.807) is 5.38 Å². The molecule has 6 nitrogen and oxygen atoms in total. The Hall–Kier alpha value is -2.71. The van der Waals surface area contributed by atoms with Crippen molar-refractivity contribution in [3.8, 4) is 11.1 Å². The topological polar surface area (TPSA) is 88.2 Å². The minimum Gasteiger partial charge on any atom is -0.326 e. The molecule has 2 aromatic carbocycles. The van der Waals surface area contributed by atoms with Crippen LogP contribution in [0.2, 0.25) is 0 Å². The molecular weight excluding hydrogens is 442 g/mol. The number of aromatic nitrogens is 1. The van der Waals surface area contributed by atoms with E-state index in [0.29, 0.717) is 29.4 Å². The van der Waals surface area contributed by atoms with Crippen LogP contribution in [-0.4, -0.2) is 24.6 Å². The van der Waals surface area contributed by atoms with Crippen LogP contribution in [0.15, 0.2) is 53.9 Å². The van der Waals surface area contributed by atoms with E-state index in [2.05, 4.69) is 60.1 Å². The van der Waals surface area contributed by atoms with Gasteiger partial charge in [-0.05, 0) is 47.1 Å². The van der Waals surface area contributed by atoms with Crippen molar-refractivity contribution >= 4 is 38.1 Å². The average Bonchev–Trinajstić information content (AvgIpc) is 3.51. The minimum atomic E-state index is -3.34. The number of hydrogen-bond donors (Lipinski definition) is 2. The van der Waals surface area contributed by atoms with Gasteiger partial charge in [-0.1, -0.05) is 57.2 Å². The second-order valence-corrected chi connectivity index (χ2v) is 11.9. The number of carbonyl (C=O) groups is 1. The van der Waals surface area contributed by atoms with Gasteiger partial charge in [-0.15, -0.1) is 11.3 Å². The molecule has 32 heavy (non-hydrogen) atoms. The summed E-state index contributed by atoms with van der Waals surface area (Å²) < 4.78 is 26.5. The molecule has 0 radical (unpaired) electrons. The van der Waals surface area contributed by atoms with Crippen LogP contribution in [0.25, 0.3) is 11.1 Å². The largest absolute Gasteiger partial charge is 0.326 e. The van der Waals surface area contributed by atoms with Gasteiger partial charge in [0.2, 0.25) is 15.9 Å². The van der Waals surface area contributed by atoms with Crippen LogP contribution in [-0.2, 0) is 26.7 Å². The van der Waals surface area contributed by atoms with E-state index in [4.69, 9.17) is 0 Å². The molecule has 8 heteroatoms.